The van der Waals surface area contributed by atoms with Crippen LogP contribution in [0.2, 0.25) is 0 Å². The first-order chi connectivity index (χ1) is 12.2. The molecule has 128 valence electrons. The smallest absolute Gasteiger partial charge is 0.260 e. The summed E-state index contributed by atoms with van der Waals surface area (Å²) in [5.74, 6) is 0. The Kier molecular flexibility index (Phi) is 5.55. The van der Waals surface area contributed by atoms with Crippen LogP contribution in [0.1, 0.15) is 0 Å². The molecule has 2 N–H and O–H groups in total. The minimum Gasteiger partial charge on any atom is -0.394 e. The summed E-state index contributed by atoms with van der Waals surface area (Å²) in [5.41, 5.74) is 2.65. The van der Waals surface area contributed by atoms with Gasteiger partial charge in [-0.1, -0.05) is 60.7 Å². The van der Waals surface area contributed by atoms with Crippen molar-refractivity contribution < 1.29 is 9.84 Å². The zero-order valence-corrected chi connectivity index (χ0v) is 14.3. The van der Waals surface area contributed by atoms with Gasteiger partial charge < -0.3 is 9.84 Å². The molecular formula is C19H18N2O3S. The Morgan fingerprint density at radius 1 is 1.00 bits per heavy atom. The number of aromatic nitrogens is 2. The van der Waals surface area contributed by atoms with Crippen molar-refractivity contribution in [2.45, 2.75) is 6.73 Å². The maximum absolute atomic E-state index is 12.7. The van der Waals surface area contributed by atoms with E-state index in [9.17, 15) is 4.79 Å². The molecule has 0 radical (unpaired) electrons. The highest BCUT2D eigenvalue weighted by molar-refractivity contribution is 7.71. The van der Waals surface area contributed by atoms with E-state index in [1.54, 1.807) is 4.57 Å². The van der Waals surface area contributed by atoms with Crippen LogP contribution in [0, 0.1) is 4.77 Å². The Bertz CT molecular complexity index is 950. The lowest BCUT2D eigenvalue weighted by molar-refractivity contribution is 0.0476. The SMILES string of the molecule is O=c1[nH]c(=S)n(COCCO)c(-c2ccccc2)c1-c1ccccc1. The quantitative estimate of drug-likeness (QED) is 0.527. The van der Waals surface area contributed by atoms with Gasteiger partial charge in [0.05, 0.1) is 24.5 Å². The summed E-state index contributed by atoms with van der Waals surface area (Å²) in [4.78, 5) is 15.4. The molecule has 25 heavy (non-hydrogen) atoms. The molecule has 0 fully saturated rings. The molecule has 0 aliphatic carbocycles. The fourth-order valence-corrected chi connectivity index (χ4v) is 2.92. The molecule has 0 aliphatic heterocycles. The van der Waals surface area contributed by atoms with Crippen molar-refractivity contribution in [1.82, 2.24) is 9.55 Å². The van der Waals surface area contributed by atoms with Crippen molar-refractivity contribution in [3.63, 3.8) is 0 Å². The van der Waals surface area contributed by atoms with E-state index in [1.807, 2.05) is 60.7 Å². The van der Waals surface area contributed by atoms with Crippen molar-refractivity contribution in [1.29, 1.82) is 0 Å². The van der Waals surface area contributed by atoms with Crippen LogP contribution in [0.3, 0.4) is 0 Å². The molecule has 6 heteroatoms. The third-order valence-electron chi connectivity index (χ3n) is 3.77. The van der Waals surface area contributed by atoms with Crippen molar-refractivity contribution in [3.05, 3.63) is 75.8 Å². The van der Waals surface area contributed by atoms with Crippen LogP contribution in [-0.2, 0) is 11.5 Å². The largest absolute Gasteiger partial charge is 0.394 e. The molecule has 3 rings (SSSR count). The number of H-pyrrole nitrogens is 1. The van der Waals surface area contributed by atoms with Gasteiger partial charge >= 0.3 is 0 Å². The van der Waals surface area contributed by atoms with E-state index in [0.29, 0.717) is 11.3 Å². The van der Waals surface area contributed by atoms with Gasteiger partial charge in [0.1, 0.15) is 6.73 Å². The van der Waals surface area contributed by atoms with Gasteiger partial charge in [-0.05, 0) is 23.3 Å². The number of aromatic amines is 1. The number of hydrogen-bond acceptors (Lipinski definition) is 4. The zero-order chi connectivity index (χ0) is 17.6. The number of nitrogens with one attached hydrogen (secondary N) is 1. The molecule has 0 spiro atoms. The van der Waals surface area contributed by atoms with E-state index in [0.717, 1.165) is 11.1 Å². The normalized spacial score (nSPS) is 10.8. The molecule has 0 unspecified atom stereocenters. The third kappa shape index (κ3) is 3.76. The molecule has 0 atom stereocenters. The summed E-state index contributed by atoms with van der Waals surface area (Å²) in [5, 5.41) is 8.96. The molecule has 0 saturated carbocycles. The van der Waals surface area contributed by atoms with Crippen LogP contribution in [0.25, 0.3) is 22.4 Å². The average Bonchev–Trinajstić information content (AvgIpc) is 2.64. The third-order valence-corrected chi connectivity index (χ3v) is 4.09. The number of benzene rings is 2. The van der Waals surface area contributed by atoms with E-state index in [1.165, 1.54) is 0 Å². The van der Waals surface area contributed by atoms with Crippen LogP contribution in [0.15, 0.2) is 65.5 Å². The first-order valence-corrected chi connectivity index (χ1v) is 8.29. The topological polar surface area (TPSA) is 67.2 Å². The maximum atomic E-state index is 12.7. The molecule has 1 aromatic heterocycles. The fourth-order valence-electron chi connectivity index (χ4n) is 2.68. The van der Waals surface area contributed by atoms with Crippen molar-refractivity contribution in [3.8, 4) is 22.4 Å². The van der Waals surface area contributed by atoms with Gasteiger partial charge in [0.25, 0.3) is 5.56 Å². The van der Waals surface area contributed by atoms with Crippen molar-refractivity contribution in [2.75, 3.05) is 13.2 Å². The fraction of sp³-hybridized carbons (Fsp3) is 0.158. The van der Waals surface area contributed by atoms with E-state index in [2.05, 4.69) is 4.98 Å². The van der Waals surface area contributed by atoms with Crippen LogP contribution in [-0.4, -0.2) is 27.9 Å². The molecule has 5 nitrogen and oxygen atoms in total. The predicted octanol–water partition coefficient (Wildman–Crippen LogP) is 3.21. The number of rotatable bonds is 6. The standard InChI is InChI=1S/C19H18N2O3S/c22-11-12-24-13-21-17(15-9-5-2-6-10-15)16(18(23)20-19(21)25)14-7-3-1-4-8-14/h1-10,22H,11-13H2,(H,20,23,25). The van der Waals surface area contributed by atoms with Crippen molar-refractivity contribution in [2.24, 2.45) is 0 Å². The molecule has 0 amide bonds. The highest BCUT2D eigenvalue weighted by Crippen LogP contribution is 2.29. The monoisotopic (exact) mass is 354 g/mol. The second kappa shape index (κ2) is 8.02. The average molecular weight is 354 g/mol. The van der Waals surface area contributed by atoms with Crippen LogP contribution < -0.4 is 5.56 Å². The Balaban J connectivity index is 2.29. The summed E-state index contributed by atoms with van der Waals surface area (Å²) < 4.78 is 7.49. The summed E-state index contributed by atoms with van der Waals surface area (Å²) >= 11 is 5.35. The van der Waals surface area contributed by atoms with Gasteiger partial charge in [-0.2, -0.15) is 0 Å². The maximum Gasteiger partial charge on any atom is 0.260 e. The van der Waals surface area contributed by atoms with Crippen LogP contribution >= 0.6 is 12.2 Å². The van der Waals surface area contributed by atoms with E-state index < -0.39 is 0 Å². The highest BCUT2D eigenvalue weighted by atomic mass is 32.1. The number of nitrogens with zero attached hydrogens (tertiary/aromatic N) is 1. The van der Waals surface area contributed by atoms with Gasteiger partial charge in [-0.3, -0.25) is 14.3 Å². The van der Waals surface area contributed by atoms with Gasteiger partial charge in [0.2, 0.25) is 0 Å². The molecular weight excluding hydrogens is 336 g/mol. The Labute approximate surface area is 150 Å². The molecule has 2 aromatic carbocycles. The number of hydrogen-bond donors (Lipinski definition) is 2. The molecule has 0 aliphatic rings. The Hall–Kier alpha value is -2.54. The molecule has 1 heterocycles. The van der Waals surface area contributed by atoms with Gasteiger partial charge in [-0.25, -0.2) is 0 Å². The van der Waals surface area contributed by atoms with E-state index in [-0.39, 0.29) is 30.3 Å². The lowest BCUT2D eigenvalue weighted by atomic mass is 10.0. The number of aliphatic hydroxyl groups is 1. The molecule has 3 aromatic rings. The van der Waals surface area contributed by atoms with Crippen LogP contribution in [0.5, 0.6) is 0 Å². The Morgan fingerprint density at radius 3 is 2.20 bits per heavy atom. The summed E-state index contributed by atoms with van der Waals surface area (Å²) in [6.45, 7) is 0.249. The lowest BCUT2D eigenvalue weighted by Crippen LogP contribution is -2.20. The second-order valence-electron chi connectivity index (χ2n) is 5.40. The van der Waals surface area contributed by atoms with Crippen LogP contribution in [0.4, 0.5) is 0 Å². The lowest BCUT2D eigenvalue weighted by Gasteiger charge is -2.18. The van der Waals surface area contributed by atoms with Gasteiger partial charge in [-0.15, -0.1) is 0 Å². The predicted molar refractivity (Wildman–Crippen MR) is 99.8 cm³/mol. The minimum absolute atomic E-state index is 0.0805. The van der Waals surface area contributed by atoms with Gasteiger partial charge in [0, 0.05) is 0 Å². The summed E-state index contributed by atoms with van der Waals surface area (Å²) in [7, 11) is 0. The molecule has 0 bridgehead atoms. The molecule has 0 saturated heterocycles. The van der Waals surface area contributed by atoms with E-state index in [4.69, 9.17) is 22.1 Å². The van der Waals surface area contributed by atoms with Crippen molar-refractivity contribution >= 4 is 12.2 Å². The van der Waals surface area contributed by atoms with Gasteiger partial charge in [0.15, 0.2) is 4.77 Å². The number of aliphatic hydroxyl groups excluding tert-OH is 1. The Morgan fingerprint density at radius 2 is 1.60 bits per heavy atom. The summed E-state index contributed by atoms with van der Waals surface area (Å²) in [6.07, 6.45) is 0. The highest BCUT2D eigenvalue weighted by Gasteiger charge is 2.17. The number of ether oxygens (including phenoxy) is 1. The summed E-state index contributed by atoms with van der Waals surface area (Å²) in [6, 6.07) is 19.0. The zero-order valence-electron chi connectivity index (χ0n) is 13.5. The van der Waals surface area contributed by atoms with E-state index >= 15 is 0 Å². The minimum atomic E-state index is -0.242. The second-order valence-corrected chi connectivity index (χ2v) is 5.79. The first kappa shape index (κ1) is 17.3. The first-order valence-electron chi connectivity index (χ1n) is 7.89.